The van der Waals surface area contributed by atoms with E-state index in [2.05, 4.69) is 30.4 Å². The molecule has 3 rings (SSSR count). The highest BCUT2D eigenvalue weighted by atomic mass is 16.5. The zero-order valence-corrected chi connectivity index (χ0v) is 11.9. The molecule has 1 spiro atoms. The van der Waals surface area contributed by atoms with Gasteiger partial charge in [0.25, 0.3) is 0 Å². The summed E-state index contributed by atoms with van der Waals surface area (Å²) in [5.74, 6) is 1.03. The summed E-state index contributed by atoms with van der Waals surface area (Å²) in [5.41, 5.74) is 2.56. The molecule has 0 aliphatic carbocycles. The molecule has 0 amide bonds. The third kappa shape index (κ3) is 2.37. The third-order valence-corrected chi connectivity index (χ3v) is 4.51. The Morgan fingerprint density at radius 3 is 2.84 bits per heavy atom. The van der Waals surface area contributed by atoms with Gasteiger partial charge in [0.05, 0.1) is 6.10 Å². The van der Waals surface area contributed by atoms with Gasteiger partial charge in [0, 0.05) is 19.1 Å². The SMILES string of the molecule is CCc1ccc2c(c1)C(OC)CC1(CCNCC1)O2. The van der Waals surface area contributed by atoms with Gasteiger partial charge in [-0.25, -0.2) is 0 Å². The Balaban J connectivity index is 1.94. The van der Waals surface area contributed by atoms with Crippen molar-refractivity contribution < 1.29 is 9.47 Å². The zero-order valence-electron chi connectivity index (χ0n) is 11.9. The Morgan fingerprint density at radius 1 is 1.37 bits per heavy atom. The molecule has 1 saturated heterocycles. The van der Waals surface area contributed by atoms with E-state index in [0.717, 1.165) is 44.5 Å². The molecule has 3 heteroatoms. The topological polar surface area (TPSA) is 30.5 Å². The minimum Gasteiger partial charge on any atom is -0.487 e. The highest BCUT2D eigenvalue weighted by Crippen LogP contribution is 2.45. The van der Waals surface area contributed by atoms with E-state index in [-0.39, 0.29) is 11.7 Å². The van der Waals surface area contributed by atoms with Gasteiger partial charge >= 0.3 is 0 Å². The van der Waals surface area contributed by atoms with Crippen LogP contribution in [-0.2, 0) is 11.2 Å². The molecule has 2 aliphatic heterocycles. The summed E-state index contributed by atoms with van der Waals surface area (Å²) in [4.78, 5) is 0. The van der Waals surface area contributed by atoms with Crippen LogP contribution in [0.15, 0.2) is 18.2 Å². The number of rotatable bonds is 2. The molecule has 2 heterocycles. The fourth-order valence-corrected chi connectivity index (χ4v) is 3.28. The number of ether oxygens (including phenoxy) is 2. The highest BCUT2D eigenvalue weighted by Gasteiger charge is 2.41. The van der Waals surface area contributed by atoms with E-state index in [9.17, 15) is 0 Å². The van der Waals surface area contributed by atoms with Crippen LogP contribution in [0.25, 0.3) is 0 Å². The third-order valence-electron chi connectivity index (χ3n) is 4.51. The van der Waals surface area contributed by atoms with Gasteiger partial charge in [0.15, 0.2) is 0 Å². The maximum atomic E-state index is 6.37. The van der Waals surface area contributed by atoms with Crippen molar-refractivity contribution in [3.8, 4) is 5.75 Å². The van der Waals surface area contributed by atoms with Gasteiger partial charge in [0.2, 0.25) is 0 Å². The Labute approximate surface area is 115 Å². The second kappa shape index (κ2) is 5.14. The smallest absolute Gasteiger partial charge is 0.125 e. The number of methoxy groups -OCH3 is 1. The maximum Gasteiger partial charge on any atom is 0.125 e. The monoisotopic (exact) mass is 261 g/mol. The van der Waals surface area contributed by atoms with Crippen LogP contribution >= 0.6 is 0 Å². The number of nitrogens with one attached hydrogen (secondary N) is 1. The number of fused-ring (bicyclic) bond motifs is 1. The Morgan fingerprint density at radius 2 is 2.16 bits per heavy atom. The Hall–Kier alpha value is -1.06. The van der Waals surface area contributed by atoms with Crippen LogP contribution in [0.1, 0.15) is 43.4 Å². The van der Waals surface area contributed by atoms with Gasteiger partial charge in [-0.2, -0.15) is 0 Å². The fraction of sp³-hybridized carbons (Fsp3) is 0.625. The molecule has 104 valence electrons. The van der Waals surface area contributed by atoms with Gasteiger partial charge in [-0.1, -0.05) is 13.0 Å². The zero-order chi connectivity index (χ0) is 13.3. The van der Waals surface area contributed by atoms with E-state index < -0.39 is 0 Å². The number of piperidine rings is 1. The lowest BCUT2D eigenvalue weighted by atomic mass is 9.82. The van der Waals surface area contributed by atoms with E-state index >= 15 is 0 Å². The van der Waals surface area contributed by atoms with Crippen molar-refractivity contribution in [1.82, 2.24) is 5.32 Å². The van der Waals surface area contributed by atoms with Crippen LogP contribution in [0.5, 0.6) is 5.75 Å². The summed E-state index contributed by atoms with van der Waals surface area (Å²) in [6.45, 7) is 4.26. The van der Waals surface area contributed by atoms with Gasteiger partial charge in [-0.3, -0.25) is 0 Å². The molecular formula is C16H23NO2. The van der Waals surface area contributed by atoms with Crippen LogP contribution in [0.4, 0.5) is 0 Å². The average molecular weight is 261 g/mol. The van der Waals surface area contributed by atoms with E-state index in [1.54, 1.807) is 0 Å². The fourth-order valence-electron chi connectivity index (χ4n) is 3.28. The normalized spacial score (nSPS) is 24.8. The molecule has 1 fully saturated rings. The van der Waals surface area contributed by atoms with Crippen LogP contribution in [0.3, 0.4) is 0 Å². The van der Waals surface area contributed by atoms with E-state index in [0.29, 0.717) is 0 Å². The molecule has 0 saturated carbocycles. The summed E-state index contributed by atoms with van der Waals surface area (Å²) >= 11 is 0. The second-order valence-corrected chi connectivity index (χ2v) is 5.69. The number of hydrogen-bond acceptors (Lipinski definition) is 3. The molecule has 0 bridgehead atoms. The minimum atomic E-state index is -0.0212. The molecule has 0 aromatic heterocycles. The lowest BCUT2D eigenvalue weighted by Crippen LogP contribution is -2.49. The van der Waals surface area contributed by atoms with Crippen molar-refractivity contribution in [2.45, 2.75) is 44.3 Å². The predicted octanol–water partition coefficient (Wildman–Crippen LogP) is 2.84. The summed E-state index contributed by atoms with van der Waals surface area (Å²) in [6, 6.07) is 6.55. The van der Waals surface area contributed by atoms with Gasteiger partial charge in [-0.15, -0.1) is 0 Å². The molecule has 19 heavy (non-hydrogen) atoms. The molecule has 3 nitrogen and oxygen atoms in total. The van der Waals surface area contributed by atoms with Crippen molar-refractivity contribution in [3.05, 3.63) is 29.3 Å². The first kappa shape index (κ1) is 12.9. The Bertz CT molecular complexity index is 452. The summed E-state index contributed by atoms with van der Waals surface area (Å²) in [5, 5.41) is 3.41. The molecule has 2 aliphatic rings. The largest absolute Gasteiger partial charge is 0.487 e. The van der Waals surface area contributed by atoms with E-state index in [1.807, 2.05) is 7.11 Å². The summed E-state index contributed by atoms with van der Waals surface area (Å²) < 4.78 is 12.1. The van der Waals surface area contributed by atoms with E-state index in [1.165, 1.54) is 11.1 Å². The quantitative estimate of drug-likeness (QED) is 0.888. The lowest BCUT2D eigenvalue weighted by molar-refractivity contribution is -0.0479. The molecule has 1 N–H and O–H groups in total. The molecule has 1 unspecified atom stereocenters. The van der Waals surface area contributed by atoms with Crippen LogP contribution in [0, 0.1) is 0 Å². The van der Waals surface area contributed by atoms with Gasteiger partial charge < -0.3 is 14.8 Å². The van der Waals surface area contributed by atoms with Crippen LogP contribution in [0.2, 0.25) is 0 Å². The van der Waals surface area contributed by atoms with Crippen LogP contribution < -0.4 is 10.1 Å². The van der Waals surface area contributed by atoms with Crippen LogP contribution in [-0.4, -0.2) is 25.8 Å². The molecule has 1 aromatic rings. The van der Waals surface area contributed by atoms with Crippen molar-refractivity contribution in [3.63, 3.8) is 0 Å². The lowest BCUT2D eigenvalue weighted by Gasteiger charge is -2.44. The average Bonchev–Trinajstić information content (AvgIpc) is 2.47. The van der Waals surface area contributed by atoms with Crippen molar-refractivity contribution in [1.29, 1.82) is 0 Å². The molecular weight excluding hydrogens is 238 g/mol. The summed E-state index contributed by atoms with van der Waals surface area (Å²) in [7, 11) is 1.81. The van der Waals surface area contributed by atoms with Gasteiger partial charge in [0.1, 0.15) is 11.4 Å². The van der Waals surface area contributed by atoms with Crippen molar-refractivity contribution in [2.75, 3.05) is 20.2 Å². The molecule has 0 radical (unpaired) electrons. The molecule has 1 aromatic carbocycles. The standard InChI is InChI=1S/C16H23NO2/c1-3-12-4-5-14-13(10-12)15(18-2)11-16(19-14)6-8-17-9-7-16/h4-5,10,15,17H,3,6-9,11H2,1-2H3. The van der Waals surface area contributed by atoms with Gasteiger partial charge in [-0.05, 0) is 50.0 Å². The number of hydrogen-bond donors (Lipinski definition) is 1. The highest BCUT2D eigenvalue weighted by molar-refractivity contribution is 5.41. The summed E-state index contributed by atoms with van der Waals surface area (Å²) in [6.07, 6.45) is 4.35. The second-order valence-electron chi connectivity index (χ2n) is 5.69. The van der Waals surface area contributed by atoms with Crippen molar-refractivity contribution >= 4 is 0 Å². The first-order valence-corrected chi connectivity index (χ1v) is 7.32. The first-order valence-electron chi connectivity index (χ1n) is 7.32. The number of benzene rings is 1. The Kier molecular flexibility index (Phi) is 3.50. The van der Waals surface area contributed by atoms with Crippen molar-refractivity contribution in [2.24, 2.45) is 0 Å². The first-order chi connectivity index (χ1) is 9.26. The minimum absolute atomic E-state index is 0.0212. The molecule has 1 atom stereocenters. The number of aryl methyl sites for hydroxylation is 1. The van der Waals surface area contributed by atoms with E-state index in [4.69, 9.17) is 9.47 Å². The predicted molar refractivity (Wildman–Crippen MR) is 75.6 cm³/mol. The maximum absolute atomic E-state index is 6.37.